The van der Waals surface area contributed by atoms with Crippen molar-refractivity contribution >= 4 is 12.4 Å². The lowest BCUT2D eigenvalue weighted by atomic mass is 9.94. The number of unbranched alkanes of at least 4 members (excludes halogenated alkanes) is 1. The van der Waals surface area contributed by atoms with Gasteiger partial charge < -0.3 is 5.11 Å². The molecule has 0 spiro atoms. The molecule has 1 N–H and O–H groups in total. The maximum Gasteiger partial charge on any atom is 0.331 e. The van der Waals surface area contributed by atoms with E-state index in [2.05, 4.69) is 30.8 Å². The summed E-state index contributed by atoms with van der Waals surface area (Å²) in [5.41, 5.74) is 3.12. The molecule has 1 aliphatic rings. The predicted molar refractivity (Wildman–Crippen MR) is 108 cm³/mol. The van der Waals surface area contributed by atoms with E-state index in [9.17, 15) is 14.7 Å². The normalized spacial score (nSPS) is 14.6. The lowest BCUT2D eigenvalue weighted by Crippen LogP contribution is -2.52. The van der Waals surface area contributed by atoms with E-state index < -0.39 is 11.5 Å². The van der Waals surface area contributed by atoms with Crippen LogP contribution in [0.3, 0.4) is 0 Å². The van der Waals surface area contributed by atoms with E-state index in [1.807, 2.05) is 24.3 Å². The molecule has 3 rings (SSSR count). The molecule has 0 saturated heterocycles. The Hall–Kier alpha value is -2.92. The van der Waals surface area contributed by atoms with Crippen LogP contribution in [0.25, 0.3) is 11.1 Å². The number of hydrogen-bond donors (Lipinski definition) is 1. The van der Waals surface area contributed by atoms with E-state index >= 15 is 0 Å². The molecule has 0 saturated carbocycles. The first kappa shape index (κ1) is 19.8. The molecule has 0 aliphatic heterocycles. The minimum Gasteiger partial charge on any atom is -0.479 e. The van der Waals surface area contributed by atoms with Crippen molar-refractivity contribution in [1.82, 2.24) is 5.06 Å². The van der Waals surface area contributed by atoms with Crippen molar-refractivity contribution < 1.29 is 19.5 Å². The van der Waals surface area contributed by atoms with Gasteiger partial charge in [-0.2, -0.15) is 0 Å². The van der Waals surface area contributed by atoms with Gasteiger partial charge in [0.1, 0.15) is 0 Å². The van der Waals surface area contributed by atoms with Gasteiger partial charge in [-0.1, -0.05) is 54.6 Å². The zero-order valence-electron chi connectivity index (χ0n) is 16.0. The van der Waals surface area contributed by atoms with E-state index in [1.165, 1.54) is 6.92 Å². The lowest BCUT2D eigenvalue weighted by molar-refractivity contribution is -0.217. The molecular weight excluding hydrogens is 354 g/mol. The highest BCUT2D eigenvalue weighted by Gasteiger charge is 2.41. The lowest BCUT2D eigenvalue weighted by Gasteiger charge is -2.34. The van der Waals surface area contributed by atoms with Gasteiger partial charge in [0.15, 0.2) is 5.54 Å². The topological polar surface area (TPSA) is 66.8 Å². The molecule has 0 radical (unpaired) electrons. The largest absolute Gasteiger partial charge is 0.479 e. The van der Waals surface area contributed by atoms with Gasteiger partial charge in [-0.25, -0.2) is 9.86 Å². The molecule has 1 atom stereocenters. The maximum atomic E-state index is 11.9. The van der Waals surface area contributed by atoms with Gasteiger partial charge >= 0.3 is 5.97 Å². The van der Waals surface area contributed by atoms with E-state index in [-0.39, 0.29) is 18.9 Å². The van der Waals surface area contributed by atoms with Crippen LogP contribution in [-0.4, -0.2) is 34.7 Å². The van der Waals surface area contributed by atoms with Crippen molar-refractivity contribution in [2.75, 3.05) is 6.61 Å². The summed E-state index contributed by atoms with van der Waals surface area (Å²) in [5.74, 6) is -1.14. The molecule has 28 heavy (non-hydrogen) atoms. The van der Waals surface area contributed by atoms with Gasteiger partial charge in [-0.3, -0.25) is 9.63 Å². The first-order chi connectivity index (χ1) is 13.5. The van der Waals surface area contributed by atoms with Crippen LogP contribution < -0.4 is 0 Å². The second kappa shape index (κ2) is 8.40. The Morgan fingerprint density at radius 1 is 1.18 bits per heavy atom. The number of carboxylic acids is 1. The highest BCUT2D eigenvalue weighted by Crippen LogP contribution is 2.44. The second-order valence-electron chi connectivity index (χ2n) is 7.21. The fraction of sp³-hybridized carbons (Fsp3) is 0.304. The maximum absolute atomic E-state index is 11.9. The number of rotatable bonds is 10. The molecule has 5 nitrogen and oxygen atoms in total. The van der Waals surface area contributed by atoms with Crippen molar-refractivity contribution in [2.24, 2.45) is 0 Å². The number of carboxylic acid groups (broad SMARTS) is 1. The van der Waals surface area contributed by atoms with Gasteiger partial charge in [0.05, 0.1) is 6.61 Å². The first-order valence-corrected chi connectivity index (χ1v) is 9.43. The summed E-state index contributed by atoms with van der Waals surface area (Å²) >= 11 is 0. The number of fused-ring (bicyclic) bond motifs is 3. The van der Waals surface area contributed by atoms with Crippen LogP contribution >= 0.6 is 0 Å². The van der Waals surface area contributed by atoms with Crippen molar-refractivity contribution in [1.29, 1.82) is 0 Å². The number of hydroxylamine groups is 2. The minimum atomic E-state index is -1.43. The molecule has 0 aromatic heterocycles. The fourth-order valence-corrected chi connectivity index (χ4v) is 3.79. The SMILES string of the molecule is C=CCCCC(C)(C(=O)O)N(C=O)OCC1c2ccccc2-c2ccccc21. The number of aliphatic carboxylic acids is 1. The molecule has 1 aliphatic carbocycles. The Balaban J connectivity index is 1.82. The summed E-state index contributed by atoms with van der Waals surface area (Å²) in [6.07, 6.45) is 3.77. The highest BCUT2D eigenvalue weighted by molar-refractivity contribution is 5.80. The van der Waals surface area contributed by atoms with Crippen LogP contribution in [0.4, 0.5) is 0 Å². The smallest absolute Gasteiger partial charge is 0.331 e. The zero-order valence-corrected chi connectivity index (χ0v) is 16.0. The molecule has 2 aromatic carbocycles. The van der Waals surface area contributed by atoms with Gasteiger partial charge in [-0.05, 0) is 48.4 Å². The van der Waals surface area contributed by atoms with Gasteiger partial charge in [0, 0.05) is 5.92 Å². The number of carbonyl (C=O) groups is 2. The molecule has 0 bridgehead atoms. The molecule has 0 fully saturated rings. The summed E-state index contributed by atoms with van der Waals surface area (Å²) in [4.78, 5) is 29.4. The average Bonchev–Trinajstić information content (AvgIpc) is 3.02. The Bertz CT molecular complexity index is 833. The third kappa shape index (κ3) is 3.58. The van der Waals surface area contributed by atoms with Gasteiger partial charge in [0.2, 0.25) is 6.41 Å². The quantitative estimate of drug-likeness (QED) is 0.288. The van der Waals surface area contributed by atoms with Crippen LogP contribution in [0.5, 0.6) is 0 Å². The Labute approximate surface area is 165 Å². The summed E-state index contributed by atoms with van der Waals surface area (Å²) in [5, 5.41) is 10.7. The summed E-state index contributed by atoms with van der Waals surface area (Å²) in [6.45, 7) is 5.37. The second-order valence-corrected chi connectivity index (χ2v) is 7.21. The fourth-order valence-electron chi connectivity index (χ4n) is 3.79. The van der Waals surface area contributed by atoms with Gasteiger partial charge in [0.25, 0.3) is 0 Å². The zero-order chi connectivity index (χ0) is 20.1. The number of amides is 1. The molecule has 1 amide bonds. The summed E-state index contributed by atoms with van der Waals surface area (Å²) in [7, 11) is 0. The van der Waals surface area contributed by atoms with E-state index in [1.54, 1.807) is 6.08 Å². The number of allylic oxidation sites excluding steroid dienone is 1. The number of benzene rings is 2. The van der Waals surface area contributed by atoms with Crippen molar-refractivity contribution in [3.8, 4) is 11.1 Å². The number of nitrogens with zero attached hydrogens (tertiary/aromatic N) is 1. The average molecular weight is 379 g/mol. The van der Waals surface area contributed by atoms with Crippen molar-refractivity contribution in [3.63, 3.8) is 0 Å². The van der Waals surface area contributed by atoms with Crippen LogP contribution in [-0.2, 0) is 14.4 Å². The van der Waals surface area contributed by atoms with E-state index in [0.29, 0.717) is 19.3 Å². The Kier molecular flexibility index (Phi) is 5.95. The third-order valence-corrected chi connectivity index (χ3v) is 5.46. The molecule has 0 heterocycles. The van der Waals surface area contributed by atoms with Crippen LogP contribution in [0, 0.1) is 0 Å². The minimum absolute atomic E-state index is 0.0546. The van der Waals surface area contributed by atoms with E-state index in [0.717, 1.165) is 27.3 Å². The van der Waals surface area contributed by atoms with E-state index in [4.69, 9.17) is 4.84 Å². The number of hydrogen-bond acceptors (Lipinski definition) is 3. The highest BCUT2D eigenvalue weighted by atomic mass is 16.7. The van der Waals surface area contributed by atoms with Crippen LogP contribution in [0.1, 0.15) is 43.2 Å². The monoisotopic (exact) mass is 379 g/mol. The van der Waals surface area contributed by atoms with Crippen LogP contribution in [0.15, 0.2) is 61.2 Å². The molecular formula is C23H25NO4. The first-order valence-electron chi connectivity index (χ1n) is 9.43. The van der Waals surface area contributed by atoms with Gasteiger partial charge in [-0.15, -0.1) is 6.58 Å². The van der Waals surface area contributed by atoms with Crippen molar-refractivity contribution in [3.05, 3.63) is 72.3 Å². The summed E-state index contributed by atoms with van der Waals surface area (Å²) < 4.78 is 0. The third-order valence-electron chi connectivity index (χ3n) is 5.46. The van der Waals surface area contributed by atoms with Crippen molar-refractivity contribution in [2.45, 2.75) is 37.6 Å². The summed E-state index contributed by atoms with van der Waals surface area (Å²) in [6, 6.07) is 16.2. The number of carbonyl (C=O) groups excluding carboxylic acids is 1. The Morgan fingerprint density at radius 2 is 1.75 bits per heavy atom. The molecule has 1 unspecified atom stereocenters. The molecule has 146 valence electrons. The molecule has 5 heteroatoms. The predicted octanol–water partition coefficient (Wildman–Crippen LogP) is 4.39. The molecule has 2 aromatic rings. The van der Waals surface area contributed by atoms with Crippen LogP contribution in [0.2, 0.25) is 0 Å². The Morgan fingerprint density at radius 3 is 2.25 bits per heavy atom. The standard InChI is InChI=1S/C23H25NO4/c1-3-4-9-14-23(2,22(26)27)24(16-25)28-15-21-19-12-7-5-10-17(19)18-11-6-8-13-20(18)21/h3,5-8,10-13,16,21H,1,4,9,14-15H2,2H3,(H,26,27).